The molecule has 0 atom stereocenters. The van der Waals surface area contributed by atoms with E-state index in [0.29, 0.717) is 12.6 Å². The van der Waals surface area contributed by atoms with Gasteiger partial charge in [0, 0.05) is 19.6 Å². The smallest absolute Gasteiger partial charge is 0.191 e. The van der Waals surface area contributed by atoms with Crippen molar-refractivity contribution in [1.29, 1.82) is 0 Å². The van der Waals surface area contributed by atoms with Crippen molar-refractivity contribution in [3.63, 3.8) is 0 Å². The summed E-state index contributed by atoms with van der Waals surface area (Å²) in [6.45, 7) is 5.89. The van der Waals surface area contributed by atoms with Crippen LogP contribution in [0.1, 0.15) is 19.3 Å². The van der Waals surface area contributed by atoms with Crippen molar-refractivity contribution >= 4 is 29.9 Å². The Balaban J connectivity index is 0.00000225. The summed E-state index contributed by atoms with van der Waals surface area (Å²) in [6.07, 6.45) is 5.29. The lowest BCUT2D eigenvalue weighted by molar-refractivity contribution is 0.143. The molecule has 1 rings (SSSR count). The van der Waals surface area contributed by atoms with Gasteiger partial charge < -0.3 is 15.4 Å². The van der Waals surface area contributed by atoms with Crippen LogP contribution >= 0.6 is 24.0 Å². The molecule has 0 unspecified atom stereocenters. The third kappa shape index (κ3) is 7.92. The Morgan fingerprint density at radius 2 is 2.25 bits per heavy atom. The number of guanidine groups is 1. The quantitative estimate of drug-likeness (QED) is 0.243. The summed E-state index contributed by atoms with van der Waals surface area (Å²) < 4.78 is 5.37. The fraction of sp³-hybridized carbons (Fsp3) is 0.727. The van der Waals surface area contributed by atoms with Gasteiger partial charge in [0.15, 0.2) is 5.96 Å². The molecule has 0 aliphatic heterocycles. The Morgan fingerprint density at radius 1 is 1.50 bits per heavy atom. The van der Waals surface area contributed by atoms with Crippen molar-refractivity contribution < 1.29 is 4.74 Å². The largest absolute Gasteiger partial charge is 0.379 e. The van der Waals surface area contributed by atoms with Gasteiger partial charge in [0.1, 0.15) is 0 Å². The molecule has 94 valence electrons. The first-order chi connectivity index (χ1) is 7.36. The lowest BCUT2D eigenvalue weighted by atomic mass is 10.4. The van der Waals surface area contributed by atoms with E-state index >= 15 is 0 Å². The topological polar surface area (TPSA) is 45.6 Å². The van der Waals surface area contributed by atoms with Crippen molar-refractivity contribution in [1.82, 2.24) is 10.6 Å². The predicted molar refractivity (Wildman–Crippen MR) is 78.6 cm³/mol. The summed E-state index contributed by atoms with van der Waals surface area (Å²) in [7, 11) is 1.79. The van der Waals surface area contributed by atoms with Gasteiger partial charge in [-0.05, 0) is 19.3 Å². The highest BCUT2D eigenvalue weighted by molar-refractivity contribution is 14.0. The molecule has 0 aromatic carbocycles. The molecule has 1 saturated carbocycles. The van der Waals surface area contributed by atoms with Gasteiger partial charge in [0.05, 0.1) is 13.2 Å². The summed E-state index contributed by atoms with van der Waals surface area (Å²) in [5, 5.41) is 6.52. The molecule has 1 aliphatic carbocycles. The maximum absolute atomic E-state index is 5.37. The molecule has 0 heterocycles. The highest BCUT2D eigenvalue weighted by atomic mass is 127. The van der Waals surface area contributed by atoms with Gasteiger partial charge in [-0.3, -0.25) is 4.99 Å². The van der Waals surface area contributed by atoms with E-state index in [1.54, 1.807) is 7.05 Å². The van der Waals surface area contributed by atoms with Gasteiger partial charge in [-0.2, -0.15) is 0 Å². The summed E-state index contributed by atoms with van der Waals surface area (Å²) in [5.74, 6) is 0.879. The average molecular weight is 339 g/mol. The van der Waals surface area contributed by atoms with Crippen LogP contribution in [0.4, 0.5) is 0 Å². The molecule has 1 fully saturated rings. The van der Waals surface area contributed by atoms with Gasteiger partial charge in [-0.15, -0.1) is 30.6 Å². The molecule has 0 saturated heterocycles. The van der Waals surface area contributed by atoms with Crippen molar-refractivity contribution in [2.75, 3.05) is 26.8 Å². The first-order valence-electron chi connectivity index (χ1n) is 5.52. The zero-order valence-electron chi connectivity index (χ0n) is 9.87. The molecule has 1 aliphatic rings. The lowest BCUT2D eigenvalue weighted by Gasteiger charge is -2.10. The van der Waals surface area contributed by atoms with Crippen molar-refractivity contribution in [3.8, 4) is 0 Å². The van der Waals surface area contributed by atoms with Crippen LogP contribution in [-0.2, 0) is 4.74 Å². The maximum Gasteiger partial charge on any atom is 0.191 e. The average Bonchev–Trinajstić information content (AvgIpc) is 3.05. The Labute approximate surface area is 115 Å². The molecular weight excluding hydrogens is 317 g/mol. The minimum atomic E-state index is 0. The minimum Gasteiger partial charge on any atom is -0.379 e. The van der Waals surface area contributed by atoms with Gasteiger partial charge >= 0.3 is 0 Å². The highest BCUT2D eigenvalue weighted by Gasteiger charge is 2.21. The normalized spacial score (nSPS) is 15.2. The Hall–Kier alpha value is -0.300. The number of ether oxygens (including phenoxy) is 1. The second kappa shape index (κ2) is 9.89. The zero-order valence-corrected chi connectivity index (χ0v) is 12.2. The van der Waals surface area contributed by atoms with E-state index in [2.05, 4.69) is 22.2 Å². The first-order valence-corrected chi connectivity index (χ1v) is 5.52. The van der Waals surface area contributed by atoms with E-state index in [1.807, 2.05) is 6.08 Å². The molecule has 0 radical (unpaired) electrons. The SMILES string of the molecule is C=CCCOCCNC(=NC)NC1CC1.I. The number of nitrogens with zero attached hydrogens (tertiary/aromatic N) is 1. The van der Waals surface area contributed by atoms with Gasteiger partial charge in [0.25, 0.3) is 0 Å². The van der Waals surface area contributed by atoms with Crippen LogP contribution in [-0.4, -0.2) is 38.8 Å². The molecule has 0 amide bonds. The Morgan fingerprint density at radius 3 is 2.81 bits per heavy atom. The molecule has 2 N–H and O–H groups in total. The van der Waals surface area contributed by atoms with Crippen LogP contribution in [0.3, 0.4) is 0 Å². The second-order valence-corrected chi connectivity index (χ2v) is 3.61. The monoisotopic (exact) mass is 339 g/mol. The summed E-state index contributed by atoms with van der Waals surface area (Å²) in [6, 6.07) is 0.637. The van der Waals surface area contributed by atoms with Crippen LogP contribution in [0.25, 0.3) is 0 Å². The van der Waals surface area contributed by atoms with Gasteiger partial charge in [-0.1, -0.05) is 6.08 Å². The fourth-order valence-electron chi connectivity index (χ4n) is 1.13. The van der Waals surface area contributed by atoms with E-state index in [-0.39, 0.29) is 24.0 Å². The molecule has 0 aromatic heterocycles. The van der Waals surface area contributed by atoms with Crippen molar-refractivity contribution in [3.05, 3.63) is 12.7 Å². The van der Waals surface area contributed by atoms with E-state index in [4.69, 9.17) is 4.74 Å². The molecule has 0 bridgehead atoms. The second-order valence-electron chi connectivity index (χ2n) is 3.61. The number of hydrogen-bond donors (Lipinski definition) is 2. The number of aliphatic imine (C=N–C) groups is 1. The molecule has 0 aromatic rings. The maximum atomic E-state index is 5.37. The minimum absolute atomic E-state index is 0. The van der Waals surface area contributed by atoms with E-state index in [1.165, 1.54) is 12.8 Å². The molecule has 0 spiro atoms. The third-order valence-corrected chi connectivity index (χ3v) is 2.15. The fourth-order valence-corrected chi connectivity index (χ4v) is 1.13. The van der Waals surface area contributed by atoms with Gasteiger partial charge in [-0.25, -0.2) is 0 Å². The number of nitrogens with one attached hydrogen (secondary N) is 2. The number of rotatable bonds is 7. The lowest BCUT2D eigenvalue weighted by Crippen LogP contribution is -2.40. The summed E-state index contributed by atoms with van der Waals surface area (Å²) >= 11 is 0. The van der Waals surface area contributed by atoms with E-state index < -0.39 is 0 Å². The van der Waals surface area contributed by atoms with Crippen LogP contribution in [0.2, 0.25) is 0 Å². The van der Waals surface area contributed by atoms with Crippen molar-refractivity contribution in [2.45, 2.75) is 25.3 Å². The van der Waals surface area contributed by atoms with Gasteiger partial charge in [0.2, 0.25) is 0 Å². The summed E-state index contributed by atoms with van der Waals surface area (Å²) in [4.78, 5) is 4.12. The molecular formula is C11H22IN3O. The highest BCUT2D eigenvalue weighted by Crippen LogP contribution is 2.18. The van der Waals surface area contributed by atoms with Crippen LogP contribution in [0.15, 0.2) is 17.6 Å². The van der Waals surface area contributed by atoms with E-state index in [0.717, 1.165) is 25.5 Å². The molecule has 5 heteroatoms. The molecule has 16 heavy (non-hydrogen) atoms. The number of hydrogen-bond acceptors (Lipinski definition) is 2. The Kier molecular flexibility index (Phi) is 9.71. The summed E-state index contributed by atoms with van der Waals surface area (Å²) in [5.41, 5.74) is 0. The van der Waals surface area contributed by atoms with Crippen LogP contribution < -0.4 is 10.6 Å². The van der Waals surface area contributed by atoms with Crippen LogP contribution in [0, 0.1) is 0 Å². The van der Waals surface area contributed by atoms with E-state index in [9.17, 15) is 0 Å². The predicted octanol–water partition coefficient (Wildman–Crippen LogP) is 1.52. The zero-order chi connectivity index (χ0) is 10.9. The first kappa shape index (κ1) is 15.7. The Bertz CT molecular complexity index is 217. The molecule has 4 nitrogen and oxygen atoms in total. The number of halogens is 1. The third-order valence-electron chi connectivity index (χ3n) is 2.15. The van der Waals surface area contributed by atoms with Crippen molar-refractivity contribution in [2.24, 2.45) is 4.99 Å². The standard InChI is InChI=1S/C11H21N3O.HI/c1-3-4-8-15-9-7-13-11(12-2)14-10-5-6-10;/h3,10H,1,4-9H2,2H3,(H2,12,13,14);1H. The van der Waals surface area contributed by atoms with Crippen LogP contribution in [0.5, 0.6) is 0 Å².